The first kappa shape index (κ1) is 12.3. The van der Waals surface area contributed by atoms with Crippen LogP contribution in [-0.2, 0) is 6.42 Å². The molecule has 0 radical (unpaired) electrons. The molecule has 1 aliphatic carbocycles. The van der Waals surface area contributed by atoms with Crippen LogP contribution in [0.15, 0.2) is 48.9 Å². The Hall–Kier alpha value is -2.40. The van der Waals surface area contributed by atoms with Crippen molar-refractivity contribution in [2.45, 2.75) is 12.5 Å². The average Bonchev–Trinajstić information content (AvgIpc) is 3.12. The number of aliphatic hydroxyl groups excluding tert-OH is 1. The van der Waals surface area contributed by atoms with Crippen molar-refractivity contribution < 1.29 is 5.11 Å². The van der Waals surface area contributed by atoms with Gasteiger partial charge >= 0.3 is 0 Å². The minimum absolute atomic E-state index is 0.0831. The van der Waals surface area contributed by atoms with E-state index in [9.17, 15) is 5.11 Å². The third-order valence-electron chi connectivity index (χ3n) is 4.20. The molecule has 0 unspecified atom stereocenters. The zero-order valence-corrected chi connectivity index (χ0v) is 11.5. The van der Waals surface area contributed by atoms with Crippen LogP contribution >= 0.6 is 0 Å². The van der Waals surface area contributed by atoms with E-state index in [4.69, 9.17) is 0 Å². The Morgan fingerprint density at radius 2 is 2.14 bits per heavy atom. The molecule has 0 saturated heterocycles. The van der Waals surface area contributed by atoms with Crippen LogP contribution in [0.4, 0.5) is 5.82 Å². The average molecular weight is 280 g/mol. The van der Waals surface area contributed by atoms with Gasteiger partial charge in [0.15, 0.2) is 5.82 Å². The van der Waals surface area contributed by atoms with Gasteiger partial charge in [-0.2, -0.15) is 5.10 Å². The monoisotopic (exact) mass is 280 g/mol. The maximum Gasteiger partial charge on any atom is 0.154 e. The van der Waals surface area contributed by atoms with Gasteiger partial charge in [0.1, 0.15) is 11.8 Å². The van der Waals surface area contributed by atoms with Crippen LogP contribution in [0.1, 0.15) is 17.2 Å². The van der Waals surface area contributed by atoms with E-state index in [1.807, 2.05) is 30.5 Å². The lowest BCUT2D eigenvalue weighted by molar-refractivity contribution is 0.218. The van der Waals surface area contributed by atoms with E-state index in [1.54, 1.807) is 10.8 Å². The Labute approximate surface area is 122 Å². The summed E-state index contributed by atoms with van der Waals surface area (Å²) >= 11 is 0. The van der Waals surface area contributed by atoms with Gasteiger partial charge < -0.3 is 10.4 Å². The van der Waals surface area contributed by atoms with Crippen molar-refractivity contribution in [3.05, 3.63) is 60.0 Å². The van der Waals surface area contributed by atoms with Crippen molar-refractivity contribution in [1.82, 2.24) is 14.6 Å². The van der Waals surface area contributed by atoms with Crippen LogP contribution < -0.4 is 5.32 Å². The van der Waals surface area contributed by atoms with Gasteiger partial charge in [-0.1, -0.05) is 24.3 Å². The number of rotatable bonds is 3. The summed E-state index contributed by atoms with van der Waals surface area (Å²) in [5.74, 6) is 0.975. The highest BCUT2D eigenvalue weighted by atomic mass is 16.3. The second-order valence-electron chi connectivity index (χ2n) is 5.41. The first-order valence-electron chi connectivity index (χ1n) is 7.10. The van der Waals surface area contributed by atoms with Crippen molar-refractivity contribution in [3.8, 4) is 0 Å². The van der Waals surface area contributed by atoms with Crippen LogP contribution in [-0.4, -0.2) is 26.3 Å². The molecule has 0 amide bonds. The molecule has 2 aromatic heterocycles. The molecular formula is C16H16N4O. The molecule has 106 valence electrons. The molecule has 0 fully saturated rings. The van der Waals surface area contributed by atoms with E-state index < -0.39 is 0 Å². The number of nitrogens with one attached hydrogen (secondary N) is 1. The number of hydrogen-bond donors (Lipinski definition) is 2. The molecule has 5 nitrogen and oxygen atoms in total. The minimum atomic E-state index is 0.0831. The third-order valence-corrected chi connectivity index (χ3v) is 4.20. The lowest BCUT2D eigenvalue weighted by Crippen LogP contribution is -2.20. The largest absolute Gasteiger partial charge is 0.396 e. The molecule has 0 saturated carbocycles. The summed E-state index contributed by atoms with van der Waals surface area (Å²) in [5, 5.41) is 17.4. The molecular weight excluding hydrogens is 264 g/mol. The first-order chi connectivity index (χ1) is 10.4. The quantitative estimate of drug-likeness (QED) is 0.771. The maximum atomic E-state index is 9.68. The number of anilines is 1. The number of aliphatic hydroxyl groups is 1. The van der Waals surface area contributed by atoms with Crippen LogP contribution in [0.2, 0.25) is 0 Å². The van der Waals surface area contributed by atoms with E-state index in [-0.39, 0.29) is 18.6 Å². The molecule has 0 spiro atoms. The molecule has 1 aliphatic rings. The van der Waals surface area contributed by atoms with Crippen LogP contribution in [0.3, 0.4) is 0 Å². The highest BCUT2D eigenvalue weighted by molar-refractivity contribution is 5.68. The number of aromatic nitrogens is 3. The van der Waals surface area contributed by atoms with Gasteiger partial charge in [-0.15, -0.1) is 0 Å². The highest BCUT2D eigenvalue weighted by Crippen LogP contribution is 2.38. The summed E-state index contributed by atoms with van der Waals surface area (Å²) < 4.78 is 1.80. The van der Waals surface area contributed by atoms with Gasteiger partial charge in [-0.05, 0) is 29.7 Å². The molecule has 21 heavy (non-hydrogen) atoms. The van der Waals surface area contributed by atoms with Gasteiger partial charge in [0.25, 0.3) is 0 Å². The van der Waals surface area contributed by atoms with Crippen molar-refractivity contribution in [1.29, 1.82) is 0 Å². The summed E-state index contributed by atoms with van der Waals surface area (Å²) in [6.45, 7) is 0.161. The van der Waals surface area contributed by atoms with Gasteiger partial charge in [-0.25, -0.2) is 9.50 Å². The van der Waals surface area contributed by atoms with E-state index in [1.165, 1.54) is 11.1 Å². The lowest BCUT2D eigenvalue weighted by Gasteiger charge is -2.21. The molecule has 1 aromatic carbocycles. The van der Waals surface area contributed by atoms with Crippen molar-refractivity contribution in [2.75, 3.05) is 11.9 Å². The third kappa shape index (κ3) is 1.97. The lowest BCUT2D eigenvalue weighted by atomic mass is 10.0. The number of benzene rings is 1. The minimum Gasteiger partial charge on any atom is -0.396 e. The van der Waals surface area contributed by atoms with Gasteiger partial charge in [0.2, 0.25) is 0 Å². The number of fused-ring (bicyclic) bond motifs is 2. The van der Waals surface area contributed by atoms with Crippen LogP contribution in [0.5, 0.6) is 0 Å². The summed E-state index contributed by atoms with van der Waals surface area (Å²) in [6, 6.07) is 12.4. The predicted molar refractivity (Wildman–Crippen MR) is 80.1 cm³/mol. The van der Waals surface area contributed by atoms with Crippen LogP contribution in [0, 0.1) is 5.92 Å². The Morgan fingerprint density at radius 1 is 1.24 bits per heavy atom. The zero-order chi connectivity index (χ0) is 14.2. The summed E-state index contributed by atoms with van der Waals surface area (Å²) in [6.07, 6.45) is 4.34. The van der Waals surface area contributed by atoms with E-state index >= 15 is 0 Å². The maximum absolute atomic E-state index is 9.68. The molecule has 5 heteroatoms. The number of nitrogens with zero attached hydrogens (tertiary/aromatic N) is 3. The first-order valence-corrected chi connectivity index (χ1v) is 7.10. The SMILES string of the molecule is OC[C@@H]1Cc2ccccc2[C@@H]1Nc1ncnn2cccc12. The van der Waals surface area contributed by atoms with Gasteiger partial charge in [0.05, 0.1) is 6.04 Å². The van der Waals surface area contributed by atoms with E-state index in [0.29, 0.717) is 0 Å². The van der Waals surface area contributed by atoms with Gasteiger partial charge in [-0.3, -0.25) is 0 Å². The van der Waals surface area contributed by atoms with Crippen molar-refractivity contribution in [2.24, 2.45) is 5.92 Å². The smallest absolute Gasteiger partial charge is 0.154 e. The molecule has 0 bridgehead atoms. The molecule has 4 rings (SSSR count). The Kier molecular flexibility index (Phi) is 2.86. The summed E-state index contributed by atoms with van der Waals surface area (Å²) in [5.41, 5.74) is 3.49. The Morgan fingerprint density at radius 3 is 3.05 bits per heavy atom. The fraction of sp³-hybridized carbons (Fsp3) is 0.250. The molecule has 3 aromatic rings. The normalized spacial score (nSPS) is 20.6. The number of hydrogen-bond acceptors (Lipinski definition) is 4. The van der Waals surface area contributed by atoms with Crippen molar-refractivity contribution in [3.63, 3.8) is 0 Å². The summed E-state index contributed by atoms with van der Waals surface area (Å²) in [7, 11) is 0. The molecule has 2 atom stereocenters. The van der Waals surface area contributed by atoms with Crippen LogP contribution in [0.25, 0.3) is 5.52 Å². The molecule has 0 aliphatic heterocycles. The summed E-state index contributed by atoms with van der Waals surface area (Å²) in [4.78, 5) is 4.36. The van der Waals surface area contributed by atoms with E-state index in [0.717, 1.165) is 17.8 Å². The van der Waals surface area contributed by atoms with Gasteiger partial charge in [0, 0.05) is 18.7 Å². The van der Waals surface area contributed by atoms with Crippen molar-refractivity contribution >= 4 is 11.3 Å². The topological polar surface area (TPSA) is 62.5 Å². The highest BCUT2D eigenvalue weighted by Gasteiger charge is 2.32. The Bertz CT molecular complexity index is 783. The second-order valence-corrected chi connectivity index (χ2v) is 5.41. The standard InChI is InChI=1S/C16H16N4O/c21-9-12-8-11-4-1-2-5-13(11)15(12)19-16-14-6-3-7-20(14)18-10-17-16/h1-7,10,12,15,21H,8-9H2,(H,17,18,19)/t12-,15+/m0/s1. The molecule has 2 heterocycles. The van der Waals surface area contributed by atoms with E-state index in [2.05, 4.69) is 27.5 Å². The fourth-order valence-corrected chi connectivity index (χ4v) is 3.17. The Balaban J connectivity index is 1.74. The fourth-order valence-electron chi connectivity index (χ4n) is 3.17. The zero-order valence-electron chi connectivity index (χ0n) is 11.5. The predicted octanol–water partition coefficient (Wildman–Crippen LogP) is 2.05. The molecule has 2 N–H and O–H groups in total. The second kappa shape index (κ2) is 4.86.